The fraction of sp³-hybridized carbons (Fsp3) is 0.105. The Labute approximate surface area is 143 Å². The molecule has 6 nitrogen and oxygen atoms in total. The zero-order chi connectivity index (χ0) is 18.1. The third kappa shape index (κ3) is 2.89. The van der Waals surface area contributed by atoms with Gasteiger partial charge in [-0.3, -0.25) is 19.7 Å². The summed E-state index contributed by atoms with van der Waals surface area (Å²) in [5, 5.41) is 4.23. The first-order valence-electron chi connectivity index (χ1n) is 7.63. The van der Waals surface area contributed by atoms with E-state index in [9.17, 15) is 14.4 Å². The minimum atomic E-state index is -0.838. The van der Waals surface area contributed by atoms with Crippen molar-refractivity contribution in [3.05, 3.63) is 64.9 Å². The van der Waals surface area contributed by atoms with E-state index in [0.717, 1.165) is 10.8 Å². The molecule has 0 aliphatic rings. The molecule has 3 aromatic rings. The van der Waals surface area contributed by atoms with Crippen LogP contribution in [0, 0.1) is 6.92 Å². The molecule has 1 heterocycles. The van der Waals surface area contributed by atoms with Crippen molar-refractivity contribution in [1.82, 2.24) is 0 Å². The van der Waals surface area contributed by atoms with Crippen molar-refractivity contribution in [3.8, 4) is 0 Å². The van der Waals surface area contributed by atoms with Gasteiger partial charge in [0.2, 0.25) is 5.88 Å². The standard InChI is InChI=1S/C19H16N2O4/c1-10(22)15-11(2)25-19(16(15)17(20)23)21-18(24)14-9-5-7-12-6-3-4-8-13(12)14/h3-9H,1-2H3,(H2,20,23)(H,21,24). The Morgan fingerprint density at radius 2 is 1.68 bits per heavy atom. The normalized spacial score (nSPS) is 10.6. The summed E-state index contributed by atoms with van der Waals surface area (Å²) in [6, 6.07) is 12.8. The lowest BCUT2D eigenvalue weighted by Gasteiger charge is -2.07. The lowest BCUT2D eigenvalue weighted by Crippen LogP contribution is -2.19. The molecule has 0 aliphatic heterocycles. The number of nitrogens with two attached hydrogens (primary N) is 1. The molecule has 2 amide bonds. The molecule has 3 N–H and O–H groups in total. The van der Waals surface area contributed by atoms with Gasteiger partial charge in [0.15, 0.2) is 5.78 Å². The van der Waals surface area contributed by atoms with Gasteiger partial charge in [-0.1, -0.05) is 36.4 Å². The average molecular weight is 336 g/mol. The van der Waals surface area contributed by atoms with E-state index in [1.165, 1.54) is 13.8 Å². The quantitative estimate of drug-likeness (QED) is 0.714. The molecule has 1 aromatic heterocycles. The number of ketones is 1. The number of carbonyl (C=O) groups excluding carboxylic acids is 3. The van der Waals surface area contributed by atoms with Crippen molar-refractivity contribution in [3.63, 3.8) is 0 Å². The third-order valence-corrected chi connectivity index (χ3v) is 3.94. The molecule has 6 heteroatoms. The number of benzene rings is 2. The van der Waals surface area contributed by atoms with Crippen LogP contribution in [-0.4, -0.2) is 17.6 Å². The van der Waals surface area contributed by atoms with Crippen LogP contribution in [-0.2, 0) is 0 Å². The van der Waals surface area contributed by atoms with E-state index in [2.05, 4.69) is 5.32 Å². The van der Waals surface area contributed by atoms with E-state index in [0.29, 0.717) is 5.56 Å². The van der Waals surface area contributed by atoms with Crippen molar-refractivity contribution in [2.75, 3.05) is 5.32 Å². The van der Waals surface area contributed by atoms with Crippen LogP contribution >= 0.6 is 0 Å². The van der Waals surface area contributed by atoms with Gasteiger partial charge in [-0.25, -0.2) is 0 Å². The highest BCUT2D eigenvalue weighted by molar-refractivity contribution is 6.16. The van der Waals surface area contributed by atoms with Crippen LogP contribution in [0.2, 0.25) is 0 Å². The van der Waals surface area contributed by atoms with Gasteiger partial charge < -0.3 is 10.2 Å². The van der Waals surface area contributed by atoms with E-state index in [1.807, 2.05) is 30.3 Å². The van der Waals surface area contributed by atoms with Crippen LogP contribution < -0.4 is 11.1 Å². The van der Waals surface area contributed by atoms with Gasteiger partial charge >= 0.3 is 0 Å². The number of anilines is 1. The van der Waals surface area contributed by atoms with E-state index in [-0.39, 0.29) is 28.6 Å². The molecule has 126 valence electrons. The Kier molecular flexibility index (Phi) is 4.10. The highest BCUT2D eigenvalue weighted by Crippen LogP contribution is 2.28. The molecule has 0 saturated carbocycles. The second-order valence-corrected chi connectivity index (χ2v) is 5.64. The van der Waals surface area contributed by atoms with E-state index in [4.69, 9.17) is 10.2 Å². The Hall–Kier alpha value is -3.41. The summed E-state index contributed by atoms with van der Waals surface area (Å²) in [5.41, 5.74) is 5.76. The number of amides is 2. The van der Waals surface area contributed by atoms with Crippen LogP contribution in [0.1, 0.15) is 43.8 Å². The number of furan rings is 1. The maximum absolute atomic E-state index is 12.7. The minimum absolute atomic E-state index is 0.0840. The van der Waals surface area contributed by atoms with E-state index >= 15 is 0 Å². The molecule has 0 atom stereocenters. The van der Waals surface area contributed by atoms with Gasteiger partial charge in [-0.15, -0.1) is 0 Å². The van der Waals surface area contributed by atoms with Crippen LogP contribution in [0.4, 0.5) is 5.88 Å². The molecule has 25 heavy (non-hydrogen) atoms. The van der Waals surface area contributed by atoms with Gasteiger partial charge in [0.05, 0.1) is 5.56 Å². The molecule has 0 spiro atoms. The molecule has 0 radical (unpaired) electrons. The van der Waals surface area contributed by atoms with Crippen LogP contribution in [0.25, 0.3) is 10.8 Å². The summed E-state index contributed by atoms with van der Waals surface area (Å²) in [6.07, 6.45) is 0. The largest absolute Gasteiger partial charge is 0.444 e. The molecule has 3 rings (SSSR count). The summed E-state index contributed by atoms with van der Waals surface area (Å²) in [6.45, 7) is 2.84. The average Bonchev–Trinajstić information content (AvgIpc) is 2.90. The number of aryl methyl sites for hydroxylation is 1. The molecular formula is C19H16N2O4. The zero-order valence-corrected chi connectivity index (χ0v) is 13.8. The fourth-order valence-electron chi connectivity index (χ4n) is 2.89. The van der Waals surface area contributed by atoms with Gasteiger partial charge in [-0.2, -0.15) is 0 Å². The first-order chi connectivity index (χ1) is 11.9. The van der Waals surface area contributed by atoms with Crippen molar-refractivity contribution in [2.45, 2.75) is 13.8 Å². The van der Waals surface area contributed by atoms with Crippen molar-refractivity contribution in [2.24, 2.45) is 5.73 Å². The second kappa shape index (κ2) is 6.24. The summed E-state index contributed by atoms with van der Waals surface area (Å²) in [5.74, 6) is -1.54. The van der Waals surface area contributed by atoms with Crippen molar-refractivity contribution in [1.29, 1.82) is 0 Å². The minimum Gasteiger partial charge on any atom is -0.444 e. The second-order valence-electron chi connectivity index (χ2n) is 5.64. The molecule has 0 unspecified atom stereocenters. The van der Waals surface area contributed by atoms with Crippen molar-refractivity contribution >= 4 is 34.3 Å². The smallest absolute Gasteiger partial charge is 0.258 e. The number of Topliss-reactive ketones (excluding diaryl/α,β-unsaturated/α-hetero) is 1. The number of carbonyl (C=O) groups is 3. The predicted octanol–water partition coefficient (Wildman–Crippen LogP) is 3.30. The molecule has 0 aliphatic carbocycles. The lowest BCUT2D eigenvalue weighted by atomic mass is 10.0. The number of rotatable bonds is 4. The SMILES string of the molecule is CC(=O)c1c(C)oc(NC(=O)c2cccc3ccccc23)c1C(N)=O. The predicted molar refractivity (Wildman–Crippen MR) is 93.9 cm³/mol. The van der Waals surface area contributed by atoms with Gasteiger partial charge in [0.25, 0.3) is 11.8 Å². The molecule has 2 aromatic carbocycles. The highest BCUT2D eigenvalue weighted by atomic mass is 16.4. The van der Waals surface area contributed by atoms with Gasteiger partial charge in [0.1, 0.15) is 11.3 Å². The molecular weight excluding hydrogens is 320 g/mol. The Balaban J connectivity index is 2.05. The fourth-order valence-corrected chi connectivity index (χ4v) is 2.89. The molecule has 0 bridgehead atoms. The van der Waals surface area contributed by atoms with Crippen LogP contribution in [0.15, 0.2) is 46.9 Å². The van der Waals surface area contributed by atoms with Crippen molar-refractivity contribution < 1.29 is 18.8 Å². The Morgan fingerprint density at radius 1 is 1.00 bits per heavy atom. The third-order valence-electron chi connectivity index (χ3n) is 3.94. The van der Waals surface area contributed by atoms with E-state index < -0.39 is 11.8 Å². The highest BCUT2D eigenvalue weighted by Gasteiger charge is 2.26. The first kappa shape index (κ1) is 16.4. The van der Waals surface area contributed by atoms with Gasteiger partial charge in [0, 0.05) is 5.56 Å². The monoisotopic (exact) mass is 336 g/mol. The zero-order valence-electron chi connectivity index (χ0n) is 13.8. The maximum atomic E-state index is 12.7. The number of hydrogen-bond acceptors (Lipinski definition) is 4. The number of fused-ring (bicyclic) bond motifs is 1. The molecule has 0 fully saturated rings. The number of primary amides is 1. The van der Waals surface area contributed by atoms with E-state index in [1.54, 1.807) is 12.1 Å². The van der Waals surface area contributed by atoms with Crippen LogP contribution in [0.3, 0.4) is 0 Å². The summed E-state index contributed by atoms with van der Waals surface area (Å²) in [7, 11) is 0. The summed E-state index contributed by atoms with van der Waals surface area (Å²) in [4.78, 5) is 36.2. The topological polar surface area (TPSA) is 102 Å². The van der Waals surface area contributed by atoms with Crippen LogP contribution in [0.5, 0.6) is 0 Å². The van der Waals surface area contributed by atoms with Gasteiger partial charge in [-0.05, 0) is 30.7 Å². The first-order valence-corrected chi connectivity index (χ1v) is 7.63. The maximum Gasteiger partial charge on any atom is 0.258 e. The lowest BCUT2D eigenvalue weighted by molar-refractivity contribution is 0.0974. The number of hydrogen-bond donors (Lipinski definition) is 2. The Morgan fingerprint density at radius 3 is 2.36 bits per heavy atom. The Bertz CT molecular complexity index is 1010. The molecule has 0 saturated heterocycles. The summed E-state index contributed by atoms with van der Waals surface area (Å²) < 4.78 is 5.42. The number of nitrogens with one attached hydrogen (secondary N) is 1. The summed E-state index contributed by atoms with van der Waals surface area (Å²) >= 11 is 0.